The summed E-state index contributed by atoms with van der Waals surface area (Å²) in [5.74, 6) is -0.255. The van der Waals surface area contributed by atoms with Crippen LogP contribution in [0.25, 0.3) is 0 Å². The molecule has 2 rings (SSSR count). The van der Waals surface area contributed by atoms with Crippen molar-refractivity contribution in [3.8, 4) is 0 Å². The Morgan fingerprint density at radius 1 is 1.53 bits per heavy atom. The van der Waals surface area contributed by atoms with Crippen LogP contribution in [0.15, 0.2) is 18.7 Å². The van der Waals surface area contributed by atoms with Crippen molar-refractivity contribution < 1.29 is 9.53 Å². The van der Waals surface area contributed by atoms with E-state index in [2.05, 4.69) is 15.3 Å². The Labute approximate surface area is 86.9 Å². The monoisotopic (exact) mass is 208 g/mol. The van der Waals surface area contributed by atoms with Crippen molar-refractivity contribution in [2.75, 3.05) is 18.5 Å². The van der Waals surface area contributed by atoms with Crippen LogP contribution in [0.3, 0.4) is 0 Å². The number of nitrogens with zero attached hydrogens (tertiary/aromatic N) is 2. The van der Waals surface area contributed by atoms with Gasteiger partial charge in [0.15, 0.2) is 0 Å². The van der Waals surface area contributed by atoms with E-state index in [1.165, 1.54) is 18.7 Å². The number of amides is 1. The zero-order valence-electron chi connectivity index (χ0n) is 8.14. The fourth-order valence-corrected chi connectivity index (χ4v) is 1.38. The van der Waals surface area contributed by atoms with E-state index in [9.17, 15) is 4.79 Å². The van der Waals surface area contributed by atoms with Gasteiger partial charge in [0.25, 0.3) is 0 Å². The lowest BCUT2D eigenvalue weighted by atomic mass is 9.99. The summed E-state index contributed by atoms with van der Waals surface area (Å²) in [6.07, 6.45) is 4.97. The highest BCUT2D eigenvalue weighted by Gasteiger charge is 2.38. The smallest absolute Gasteiger partial charge is 0.247 e. The molecule has 1 amide bonds. The quantitative estimate of drug-likeness (QED) is 0.686. The van der Waals surface area contributed by atoms with Gasteiger partial charge in [0.2, 0.25) is 5.91 Å². The molecule has 1 aliphatic heterocycles. The fraction of sp³-hybridized carbons (Fsp3) is 0.444. The zero-order valence-corrected chi connectivity index (χ0v) is 8.14. The summed E-state index contributed by atoms with van der Waals surface area (Å²) in [5.41, 5.74) is 5.49. The van der Waals surface area contributed by atoms with Crippen LogP contribution >= 0.6 is 0 Å². The first-order valence-corrected chi connectivity index (χ1v) is 4.64. The zero-order chi connectivity index (χ0) is 10.7. The number of aromatic nitrogens is 2. The number of anilines is 1. The lowest BCUT2D eigenvalue weighted by molar-refractivity contribution is -0.121. The number of hydrogen-bond acceptors (Lipinski definition) is 5. The van der Waals surface area contributed by atoms with Crippen molar-refractivity contribution in [2.24, 2.45) is 5.73 Å². The molecule has 1 aliphatic rings. The van der Waals surface area contributed by atoms with Crippen molar-refractivity contribution >= 4 is 11.6 Å². The first-order valence-electron chi connectivity index (χ1n) is 4.64. The van der Waals surface area contributed by atoms with Crippen LogP contribution < -0.4 is 11.1 Å². The Bertz CT molecular complexity index is 348. The number of ether oxygens (including phenoxy) is 1. The lowest BCUT2D eigenvalue weighted by Crippen LogP contribution is -2.51. The molecule has 6 nitrogen and oxygen atoms in total. The average molecular weight is 208 g/mol. The number of rotatable bonds is 2. The van der Waals surface area contributed by atoms with Crippen molar-refractivity contribution in [2.45, 2.75) is 12.0 Å². The molecular formula is C9H12N4O2. The Balaban J connectivity index is 2.04. The maximum absolute atomic E-state index is 11.8. The van der Waals surface area contributed by atoms with Gasteiger partial charge in [-0.15, -0.1) is 0 Å². The van der Waals surface area contributed by atoms with Crippen LogP contribution in [-0.4, -0.2) is 34.6 Å². The normalized spacial score (nSPS) is 25.1. The molecule has 15 heavy (non-hydrogen) atoms. The molecule has 1 unspecified atom stereocenters. The number of carbonyl (C=O) groups is 1. The van der Waals surface area contributed by atoms with Crippen LogP contribution in [0.4, 0.5) is 5.69 Å². The van der Waals surface area contributed by atoms with Crippen molar-refractivity contribution in [1.82, 2.24) is 9.97 Å². The number of nitrogens with two attached hydrogens (primary N) is 1. The summed E-state index contributed by atoms with van der Waals surface area (Å²) < 4.78 is 5.10. The number of carbonyl (C=O) groups excluding carboxylic acids is 1. The summed E-state index contributed by atoms with van der Waals surface area (Å²) in [6, 6.07) is 0. The van der Waals surface area contributed by atoms with Gasteiger partial charge < -0.3 is 15.8 Å². The minimum Gasteiger partial charge on any atom is -0.379 e. The molecule has 0 saturated carbocycles. The van der Waals surface area contributed by atoms with Crippen molar-refractivity contribution in [3.63, 3.8) is 0 Å². The highest BCUT2D eigenvalue weighted by molar-refractivity contribution is 5.98. The van der Waals surface area contributed by atoms with Gasteiger partial charge in [-0.3, -0.25) is 4.79 Å². The first-order chi connectivity index (χ1) is 7.21. The molecule has 0 aliphatic carbocycles. The van der Waals surface area contributed by atoms with E-state index in [0.29, 0.717) is 18.7 Å². The highest BCUT2D eigenvalue weighted by atomic mass is 16.5. The molecule has 0 aromatic carbocycles. The molecule has 0 radical (unpaired) electrons. The van der Waals surface area contributed by atoms with Crippen LogP contribution in [0.1, 0.15) is 6.42 Å². The molecular weight excluding hydrogens is 196 g/mol. The van der Waals surface area contributed by atoms with E-state index in [-0.39, 0.29) is 12.5 Å². The Kier molecular flexibility index (Phi) is 2.61. The predicted molar refractivity (Wildman–Crippen MR) is 53.0 cm³/mol. The third kappa shape index (κ3) is 2.11. The first kappa shape index (κ1) is 10.0. The molecule has 1 saturated heterocycles. The number of hydrogen-bond donors (Lipinski definition) is 2. The van der Waals surface area contributed by atoms with Gasteiger partial charge in [0, 0.05) is 6.61 Å². The summed E-state index contributed by atoms with van der Waals surface area (Å²) in [5, 5.41) is 2.66. The van der Waals surface area contributed by atoms with E-state index in [1.54, 1.807) is 0 Å². The predicted octanol–water partition coefficient (Wildman–Crippen LogP) is -0.467. The maximum Gasteiger partial charge on any atom is 0.247 e. The number of nitrogens with one attached hydrogen (secondary N) is 1. The molecule has 80 valence electrons. The van der Waals surface area contributed by atoms with E-state index in [0.717, 1.165) is 0 Å². The topological polar surface area (TPSA) is 90.1 Å². The van der Waals surface area contributed by atoms with Crippen LogP contribution in [0.5, 0.6) is 0 Å². The van der Waals surface area contributed by atoms with Gasteiger partial charge in [-0.05, 0) is 6.42 Å². The third-order valence-electron chi connectivity index (χ3n) is 2.32. The molecule has 6 heteroatoms. The van der Waals surface area contributed by atoms with Crippen LogP contribution in [-0.2, 0) is 9.53 Å². The summed E-state index contributed by atoms with van der Waals surface area (Å²) in [4.78, 5) is 19.3. The van der Waals surface area contributed by atoms with Gasteiger partial charge >= 0.3 is 0 Å². The van der Waals surface area contributed by atoms with Gasteiger partial charge in [0.05, 0.1) is 24.7 Å². The largest absolute Gasteiger partial charge is 0.379 e. The van der Waals surface area contributed by atoms with E-state index >= 15 is 0 Å². The fourth-order valence-electron chi connectivity index (χ4n) is 1.38. The molecule has 1 aromatic rings. The second-order valence-corrected chi connectivity index (χ2v) is 3.54. The average Bonchev–Trinajstić information content (AvgIpc) is 2.68. The van der Waals surface area contributed by atoms with Crippen LogP contribution in [0.2, 0.25) is 0 Å². The second kappa shape index (κ2) is 3.92. The molecule has 0 bridgehead atoms. The Hall–Kier alpha value is -1.53. The Morgan fingerprint density at radius 3 is 2.87 bits per heavy atom. The minimum atomic E-state index is -0.921. The van der Waals surface area contributed by atoms with Gasteiger partial charge in [-0.25, -0.2) is 9.97 Å². The second-order valence-electron chi connectivity index (χ2n) is 3.54. The maximum atomic E-state index is 11.8. The van der Waals surface area contributed by atoms with Gasteiger partial charge in [-0.2, -0.15) is 0 Å². The van der Waals surface area contributed by atoms with E-state index in [1.807, 2.05) is 0 Å². The third-order valence-corrected chi connectivity index (χ3v) is 2.32. The van der Waals surface area contributed by atoms with Gasteiger partial charge in [-0.1, -0.05) is 0 Å². The standard InChI is InChI=1S/C9H12N4O2/c10-9(1-2-15-5-9)8(14)13-7-3-11-6-12-4-7/h3-4,6H,1-2,5,10H2,(H,13,14). The van der Waals surface area contributed by atoms with Gasteiger partial charge in [0.1, 0.15) is 11.9 Å². The molecule has 1 atom stereocenters. The molecule has 0 spiro atoms. The summed E-state index contributed by atoms with van der Waals surface area (Å²) in [6.45, 7) is 0.779. The Morgan fingerprint density at radius 2 is 2.27 bits per heavy atom. The lowest BCUT2D eigenvalue weighted by Gasteiger charge is -2.20. The van der Waals surface area contributed by atoms with Crippen LogP contribution in [0, 0.1) is 0 Å². The van der Waals surface area contributed by atoms with E-state index in [4.69, 9.17) is 10.5 Å². The highest BCUT2D eigenvalue weighted by Crippen LogP contribution is 2.17. The molecule has 2 heterocycles. The van der Waals surface area contributed by atoms with Crippen molar-refractivity contribution in [1.29, 1.82) is 0 Å². The summed E-state index contributed by atoms with van der Waals surface area (Å²) >= 11 is 0. The minimum absolute atomic E-state index is 0.255. The summed E-state index contributed by atoms with van der Waals surface area (Å²) in [7, 11) is 0. The SMILES string of the molecule is NC1(C(=O)Nc2cncnc2)CCOC1. The molecule has 1 aromatic heterocycles. The van der Waals surface area contributed by atoms with E-state index < -0.39 is 5.54 Å². The van der Waals surface area contributed by atoms with Crippen molar-refractivity contribution in [3.05, 3.63) is 18.7 Å². The molecule has 3 N–H and O–H groups in total. The molecule has 1 fully saturated rings.